The molecule has 0 bridgehead atoms. The monoisotopic (exact) mass is 782 g/mol. The van der Waals surface area contributed by atoms with Crippen molar-refractivity contribution in [1.29, 1.82) is 0 Å². The molecular formula is C42H28Br2N2O4. The molecule has 0 atom stereocenters. The molecule has 0 saturated carbocycles. The van der Waals surface area contributed by atoms with Gasteiger partial charge in [-0.3, -0.25) is 19.2 Å². The Morgan fingerprint density at radius 2 is 0.740 bits per heavy atom. The number of carbonyl (C=O) groups is 4. The second-order valence-electron chi connectivity index (χ2n) is 12.7. The molecule has 0 N–H and O–H groups in total. The molecule has 0 aromatic heterocycles. The lowest BCUT2D eigenvalue weighted by Crippen LogP contribution is -2.43. The van der Waals surface area contributed by atoms with Crippen LogP contribution in [-0.2, 0) is 10.7 Å². The van der Waals surface area contributed by atoms with Crippen LogP contribution in [0.2, 0.25) is 0 Å². The van der Waals surface area contributed by atoms with Gasteiger partial charge in [0.1, 0.15) is 0 Å². The first-order chi connectivity index (χ1) is 24.2. The van der Waals surface area contributed by atoms with Crippen LogP contribution in [0.1, 0.15) is 63.7 Å². The Labute approximate surface area is 305 Å². The summed E-state index contributed by atoms with van der Waals surface area (Å²) in [5.74, 6) is -2.04. The fourth-order valence-electron chi connectivity index (χ4n) is 7.01. The molecule has 0 fully saturated rings. The number of aryl methyl sites for hydroxylation is 2. The van der Waals surface area contributed by atoms with Crippen molar-refractivity contribution in [1.82, 2.24) is 0 Å². The highest BCUT2D eigenvalue weighted by molar-refractivity contribution is 9.08. The Kier molecular flexibility index (Phi) is 7.88. The standard InChI is InChI=1S/C42H28Br2N2O4/c1-23-3-17-35(33(19-23)27-9-5-25(21-43)6-10-27)45-39(47)29-13-15-31-38-32(16-14-30(37(29)38)40(45)48)42(50)46(41(31)49)36-18-4-24(2)20-34(36)28-11-7-26(22-44)8-12-28/h3-20H,21-22H2,1-2H3. The van der Waals surface area contributed by atoms with E-state index in [-0.39, 0.29) is 22.3 Å². The maximum Gasteiger partial charge on any atom is 0.266 e. The van der Waals surface area contributed by atoms with E-state index in [0.717, 1.165) is 44.5 Å². The van der Waals surface area contributed by atoms with Crippen LogP contribution in [0.3, 0.4) is 0 Å². The number of benzene rings is 6. The number of alkyl halides is 2. The van der Waals surface area contributed by atoms with Crippen LogP contribution in [0, 0.1) is 13.8 Å². The lowest BCUT2D eigenvalue weighted by atomic mass is 9.85. The highest BCUT2D eigenvalue weighted by Gasteiger charge is 2.41. The van der Waals surface area contributed by atoms with Crippen molar-refractivity contribution in [2.45, 2.75) is 24.5 Å². The number of nitrogens with zero attached hydrogens (tertiary/aromatic N) is 2. The molecule has 8 rings (SSSR count). The van der Waals surface area contributed by atoms with Crippen molar-refractivity contribution >= 4 is 77.6 Å². The van der Waals surface area contributed by atoms with E-state index in [1.54, 1.807) is 36.4 Å². The van der Waals surface area contributed by atoms with Crippen molar-refractivity contribution in [2.24, 2.45) is 0 Å². The van der Waals surface area contributed by atoms with Gasteiger partial charge in [-0.25, -0.2) is 9.80 Å². The van der Waals surface area contributed by atoms with Crippen LogP contribution < -0.4 is 9.80 Å². The lowest BCUT2D eigenvalue weighted by Gasteiger charge is -2.33. The van der Waals surface area contributed by atoms with Crippen molar-refractivity contribution < 1.29 is 19.2 Å². The number of amides is 4. The van der Waals surface area contributed by atoms with Gasteiger partial charge in [-0.1, -0.05) is 104 Å². The molecule has 6 aromatic rings. The molecule has 2 aliphatic heterocycles. The van der Waals surface area contributed by atoms with Gasteiger partial charge in [0.15, 0.2) is 0 Å². The number of halogens is 2. The summed E-state index contributed by atoms with van der Waals surface area (Å²) in [5.41, 5.74) is 9.39. The second-order valence-corrected chi connectivity index (χ2v) is 13.8. The first-order valence-corrected chi connectivity index (χ1v) is 18.3. The highest BCUT2D eigenvalue weighted by atomic mass is 79.9. The van der Waals surface area contributed by atoms with E-state index >= 15 is 0 Å². The van der Waals surface area contributed by atoms with Gasteiger partial charge >= 0.3 is 0 Å². The quantitative estimate of drug-likeness (QED) is 0.125. The van der Waals surface area contributed by atoms with Gasteiger partial charge in [0, 0.05) is 54.8 Å². The predicted octanol–water partition coefficient (Wildman–Crippen LogP) is 10.2. The van der Waals surface area contributed by atoms with Gasteiger partial charge in [-0.05, 0) is 84.6 Å². The first-order valence-electron chi connectivity index (χ1n) is 16.1. The summed E-state index contributed by atoms with van der Waals surface area (Å²) in [7, 11) is 0. The molecule has 50 heavy (non-hydrogen) atoms. The third kappa shape index (κ3) is 4.96. The Morgan fingerprint density at radius 3 is 1.04 bits per heavy atom. The largest absolute Gasteiger partial charge is 0.268 e. The van der Waals surface area contributed by atoms with Gasteiger partial charge in [0.25, 0.3) is 23.6 Å². The van der Waals surface area contributed by atoms with Crippen LogP contribution in [0.25, 0.3) is 33.0 Å². The number of rotatable bonds is 6. The molecule has 0 spiro atoms. The summed E-state index contributed by atoms with van der Waals surface area (Å²) in [6.07, 6.45) is 0. The van der Waals surface area contributed by atoms with E-state index in [1.807, 2.05) is 86.6 Å². The Bertz CT molecular complexity index is 2210. The van der Waals surface area contributed by atoms with Crippen molar-refractivity contribution in [3.8, 4) is 22.3 Å². The topological polar surface area (TPSA) is 74.8 Å². The summed E-state index contributed by atoms with van der Waals surface area (Å²) in [4.78, 5) is 59.8. The van der Waals surface area contributed by atoms with Crippen molar-refractivity contribution in [3.05, 3.63) is 154 Å². The minimum absolute atomic E-state index is 0.262. The van der Waals surface area contributed by atoms with Crippen LogP contribution in [-0.4, -0.2) is 23.6 Å². The average molecular weight is 785 g/mol. The van der Waals surface area contributed by atoms with E-state index in [9.17, 15) is 19.2 Å². The molecule has 2 heterocycles. The molecule has 244 valence electrons. The molecule has 0 unspecified atom stereocenters. The molecule has 0 saturated heterocycles. The Hall–Kier alpha value is -5.18. The van der Waals surface area contributed by atoms with Gasteiger partial charge in [0.05, 0.1) is 11.4 Å². The first kappa shape index (κ1) is 32.0. The average Bonchev–Trinajstić information content (AvgIpc) is 3.14. The zero-order chi connectivity index (χ0) is 34.8. The van der Waals surface area contributed by atoms with Crippen LogP contribution in [0.15, 0.2) is 109 Å². The molecule has 0 aliphatic carbocycles. The molecule has 4 amide bonds. The molecule has 6 aromatic carbocycles. The Balaban J connectivity index is 1.25. The normalized spacial score (nSPS) is 13.8. The predicted molar refractivity (Wildman–Crippen MR) is 205 cm³/mol. The van der Waals surface area contributed by atoms with Crippen LogP contribution >= 0.6 is 31.9 Å². The number of anilines is 2. The minimum atomic E-state index is -0.511. The van der Waals surface area contributed by atoms with E-state index in [2.05, 4.69) is 31.9 Å². The lowest BCUT2D eigenvalue weighted by molar-refractivity contribution is 0.0873. The SMILES string of the molecule is Cc1ccc(N2C(=O)c3ccc4c5c(ccc(c35)C2=O)C(=O)N(c2ccc(C)cc2-c2ccc(CBr)cc2)C4=O)c(-c2ccc(CBr)cc2)c1. The fraction of sp³-hybridized carbons (Fsp3) is 0.0952. The van der Waals surface area contributed by atoms with E-state index in [0.29, 0.717) is 32.8 Å². The zero-order valence-corrected chi connectivity index (χ0v) is 30.3. The second kappa shape index (κ2) is 12.3. The Morgan fingerprint density at radius 1 is 0.420 bits per heavy atom. The van der Waals surface area contributed by atoms with Crippen molar-refractivity contribution in [2.75, 3.05) is 9.80 Å². The van der Waals surface area contributed by atoms with E-state index in [4.69, 9.17) is 0 Å². The van der Waals surface area contributed by atoms with Gasteiger partial charge in [-0.15, -0.1) is 0 Å². The summed E-state index contributed by atoms with van der Waals surface area (Å²) >= 11 is 6.98. The molecule has 8 heteroatoms. The summed E-state index contributed by atoms with van der Waals surface area (Å²) < 4.78 is 0. The smallest absolute Gasteiger partial charge is 0.266 e. The molecule has 6 nitrogen and oxygen atoms in total. The third-order valence-corrected chi connectivity index (χ3v) is 10.8. The van der Waals surface area contributed by atoms with Gasteiger partial charge in [0.2, 0.25) is 0 Å². The maximum atomic E-state index is 14.4. The van der Waals surface area contributed by atoms with Crippen LogP contribution in [0.4, 0.5) is 11.4 Å². The minimum Gasteiger partial charge on any atom is -0.268 e. The summed E-state index contributed by atoms with van der Waals surface area (Å²) in [5, 5.41) is 2.08. The van der Waals surface area contributed by atoms with Gasteiger partial charge < -0.3 is 0 Å². The maximum absolute atomic E-state index is 14.4. The van der Waals surface area contributed by atoms with Gasteiger partial charge in [-0.2, -0.15) is 0 Å². The third-order valence-electron chi connectivity index (χ3n) is 9.52. The summed E-state index contributed by atoms with van der Waals surface area (Å²) in [6.45, 7) is 3.93. The number of carbonyl (C=O) groups excluding carboxylic acids is 4. The molecule has 0 radical (unpaired) electrons. The number of imide groups is 2. The fourth-order valence-corrected chi connectivity index (χ4v) is 7.76. The zero-order valence-electron chi connectivity index (χ0n) is 27.1. The highest BCUT2D eigenvalue weighted by Crippen LogP contribution is 2.43. The molecular weight excluding hydrogens is 756 g/mol. The van der Waals surface area contributed by atoms with E-state index < -0.39 is 23.6 Å². The number of hydrogen-bond donors (Lipinski definition) is 0. The van der Waals surface area contributed by atoms with E-state index in [1.165, 1.54) is 9.80 Å². The molecule has 2 aliphatic rings. The summed E-state index contributed by atoms with van der Waals surface area (Å²) in [6, 6.07) is 33.6. The number of hydrogen-bond acceptors (Lipinski definition) is 4. The van der Waals surface area contributed by atoms with Crippen LogP contribution in [0.5, 0.6) is 0 Å². The van der Waals surface area contributed by atoms with Crippen molar-refractivity contribution in [3.63, 3.8) is 0 Å².